The van der Waals surface area contributed by atoms with Crippen molar-refractivity contribution in [1.82, 2.24) is 14.7 Å². The number of aromatic nitrogens is 2. The summed E-state index contributed by atoms with van der Waals surface area (Å²) in [7, 11) is -3.52. The summed E-state index contributed by atoms with van der Waals surface area (Å²) < 4.78 is 52.4. The van der Waals surface area contributed by atoms with Gasteiger partial charge in [0, 0.05) is 36.1 Å². The molecule has 0 saturated heterocycles. The van der Waals surface area contributed by atoms with Crippen LogP contribution in [-0.2, 0) is 10.0 Å². The fourth-order valence-corrected chi connectivity index (χ4v) is 2.80. The average molecular weight is 395 g/mol. The number of rotatable bonds is 7. The SMILES string of the molecule is CS(=O)(=O)NCC(Nc1ncc(C2=NN=NC2)cn1)c1ccc(F)cc1F. The zero-order chi connectivity index (χ0) is 19.4. The van der Waals surface area contributed by atoms with Gasteiger partial charge in [-0.05, 0) is 11.3 Å². The summed E-state index contributed by atoms with van der Waals surface area (Å²) >= 11 is 0. The maximum absolute atomic E-state index is 14.2. The minimum Gasteiger partial charge on any atom is -0.346 e. The first kappa shape index (κ1) is 18.9. The highest BCUT2D eigenvalue weighted by Crippen LogP contribution is 2.21. The van der Waals surface area contributed by atoms with Gasteiger partial charge >= 0.3 is 0 Å². The number of anilines is 1. The molecule has 0 amide bonds. The molecule has 0 fully saturated rings. The maximum atomic E-state index is 14.2. The summed E-state index contributed by atoms with van der Waals surface area (Å²) in [4.78, 5) is 8.24. The average Bonchev–Trinajstić information content (AvgIpc) is 3.13. The highest BCUT2D eigenvalue weighted by atomic mass is 32.2. The van der Waals surface area contributed by atoms with Gasteiger partial charge in [-0.2, -0.15) is 5.11 Å². The Morgan fingerprint density at radius 1 is 1.22 bits per heavy atom. The Morgan fingerprint density at radius 3 is 2.56 bits per heavy atom. The smallest absolute Gasteiger partial charge is 0.223 e. The van der Waals surface area contributed by atoms with Crippen LogP contribution in [-0.4, -0.2) is 43.4 Å². The summed E-state index contributed by atoms with van der Waals surface area (Å²) in [5.74, 6) is -1.42. The summed E-state index contributed by atoms with van der Waals surface area (Å²) in [6.07, 6.45) is 3.97. The van der Waals surface area contributed by atoms with Crippen LogP contribution in [0.3, 0.4) is 0 Å². The van der Waals surface area contributed by atoms with Crippen molar-refractivity contribution in [2.45, 2.75) is 6.04 Å². The number of hydrogen-bond acceptors (Lipinski definition) is 8. The number of sulfonamides is 1. The third kappa shape index (κ3) is 5.08. The molecule has 3 rings (SSSR count). The maximum Gasteiger partial charge on any atom is 0.223 e. The van der Waals surface area contributed by atoms with E-state index < -0.39 is 27.7 Å². The van der Waals surface area contributed by atoms with E-state index in [9.17, 15) is 17.2 Å². The molecule has 0 saturated carbocycles. The van der Waals surface area contributed by atoms with Crippen LogP contribution in [0.5, 0.6) is 0 Å². The minimum atomic E-state index is -3.52. The molecule has 1 unspecified atom stereocenters. The van der Waals surface area contributed by atoms with E-state index in [-0.39, 0.29) is 18.1 Å². The second-order valence-electron chi connectivity index (χ2n) is 5.71. The van der Waals surface area contributed by atoms with Crippen molar-refractivity contribution in [2.75, 3.05) is 24.7 Å². The zero-order valence-corrected chi connectivity index (χ0v) is 14.9. The van der Waals surface area contributed by atoms with E-state index >= 15 is 0 Å². The highest BCUT2D eigenvalue weighted by molar-refractivity contribution is 7.88. The molecule has 2 N–H and O–H groups in total. The summed E-state index contributed by atoms with van der Waals surface area (Å²) in [6.45, 7) is 0.148. The summed E-state index contributed by atoms with van der Waals surface area (Å²) in [6, 6.07) is 2.18. The zero-order valence-electron chi connectivity index (χ0n) is 14.1. The lowest BCUT2D eigenvalue weighted by Gasteiger charge is -2.20. The molecule has 1 aromatic carbocycles. The lowest BCUT2D eigenvalue weighted by Crippen LogP contribution is -2.31. The van der Waals surface area contributed by atoms with E-state index in [1.54, 1.807) is 0 Å². The van der Waals surface area contributed by atoms with E-state index in [1.807, 2.05) is 0 Å². The van der Waals surface area contributed by atoms with Gasteiger partial charge in [0.25, 0.3) is 0 Å². The van der Waals surface area contributed by atoms with Gasteiger partial charge in [0.1, 0.15) is 18.2 Å². The van der Waals surface area contributed by atoms with Crippen molar-refractivity contribution < 1.29 is 17.2 Å². The summed E-state index contributed by atoms with van der Waals surface area (Å²) in [5, 5.41) is 13.9. The molecule has 2 aromatic rings. The predicted octanol–water partition coefficient (Wildman–Crippen LogP) is 1.63. The molecule has 12 heteroatoms. The Labute approximate surface area is 153 Å². The first-order chi connectivity index (χ1) is 12.8. The lowest BCUT2D eigenvalue weighted by atomic mass is 10.1. The van der Waals surface area contributed by atoms with Gasteiger partial charge in [0.2, 0.25) is 16.0 Å². The van der Waals surface area contributed by atoms with Crippen molar-refractivity contribution >= 4 is 21.7 Å². The van der Waals surface area contributed by atoms with Gasteiger partial charge in [-0.1, -0.05) is 6.07 Å². The van der Waals surface area contributed by atoms with E-state index in [1.165, 1.54) is 18.5 Å². The van der Waals surface area contributed by atoms with Crippen LogP contribution in [0.2, 0.25) is 0 Å². The monoisotopic (exact) mass is 395 g/mol. The van der Waals surface area contributed by atoms with E-state index in [0.717, 1.165) is 18.4 Å². The molecule has 1 atom stereocenters. The van der Waals surface area contributed by atoms with Crippen molar-refractivity contribution in [2.24, 2.45) is 15.4 Å². The van der Waals surface area contributed by atoms with Crippen LogP contribution >= 0.6 is 0 Å². The number of benzene rings is 1. The largest absolute Gasteiger partial charge is 0.346 e. The van der Waals surface area contributed by atoms with E-state index in [0.29, 0.717) is 17.8 Å². The molecule has 0 spiro atoms. The molecule has 1 aliphatic heterocycles. The molecule has 0 radical (unpaired) electrons. The second kappa shape index (κ2) is 7.80. The first-order valence-corrected chi connectivity index (χ1v) is 9.63. The quantitative estimate of drug-likeness (QED) is 0.738. The molecule has 27 heavy (non-hydrogen) atoms. The van der Waals surface area contributed by atoms with Gasteiger partial charge in [-0.3, -0.25) is 0 Å². The third-order valence-corrected chi connectivity index (χ3v) is 4.32. The lowest BCUT2D eigenvalue weighted by molar-refractivity contribution is 0.552. The predicted molar refractivity (Wildman–Crippen MR) is 93.9 cm³/mol. The third-order valence-electron chi connectivity index (χ3n) is 3.63. The molecule has 1 aliphatic rings. The molecule has 0 bridgehead atoms. The Hall–Kier alpha value is -2.86. The fraction of sp³-hybridized carbons (Fsp3) is 0.267. The number of hydrogen-bond donors (Lipinski definition) is 2. The van der Waals surface area contributed by atoms with E-state index in [2.05, 4.69) is 35.4 Å². The van der Waals surface area contributed by atoms with Crippen molar-refractivity contribution in [1.29, 1.82) is 0 Å². The number of nitrogens with zero attached hydrogens (tertiary/aromatic N) is 5. The van der Waals surface area contributed by atoms with Crippen LogP contribution in [0.25, 0.3) is 0 Å². The topological polar surface area (TPSA) is 121 Å². The molecule has 9 nitrogen and oxygen atoms in total. The van der Waals surface area contributed by atoms with Gasteiger partial charge in [0.15, 0.2) is 0 Å². The van der Waals surface area contributed by atoms with Gasteiger partial charge < -0.3 is 5.32 Å². The Kier molecular flexibility index (Phi) is 5.46. The standard InChI is InChI=1S/C15H15F2N7O2S/c1-27(25,26)21-8-14(11-3-2-10(16)4-12(11)17)22-15-18-5-9(6-19-15)13-7-20-24-23-13/h2-6,14,21H,7-8H2,1H3,(H,18,19,22). The van der Waals surface area contributed by atoms with Crippen molar-refractivity contribution in [3.63, 3.8) is 0 Å². The number of halogens is 2. The van der Waals surface area contributed by atoms with Crippen LogP contribution in [0.4, 0.5) is 14.7 Å². The fourth-order valence-electron chi connectivity index (χ4n) is 2.33. The number of nitrogens with one attached hydrogen (secondary N) is 2. The van der Waals surface area contributed by atoms with E-state index in [4.69, 9.17) is 0 Å². The second-order valence-corrected chi connectivity index (χ2v) is 7.55. The Morgan fingerprint density at radius 2 is 1.96 bits per heavy atom. The molecule has 2 heterocycles. The highest BCUT2D eigenvalue weighted by Gasteiger charge is 2.19. The van der Waals surface area contributed by atoms with Crippen LogP contribution < -0.4 is 10.0 Å². The van der Waals surface area contributed by atoms with Crippen molar-refractivity contribution in [3.05, 3.63) is 53.4 Å². The minimum absolute atomic E-state index is 0.0676. The Bertz CT molecular complexity index is 994. The normalized spacial score (nSPS) is 14.9. The molecule has 0 aliphatic carbocycles. The van der Waals surface area contributed by atoms with Gasteiger partial charge in [-0.25, -0.2) is 31.9 Å². The molecule has 142 valence electrons. The molecule has 1 aromatic heterocycles. The van der Waals surface area contributed by atoms with Crippen LogP contribution in [0.15, 0.2) is 46.0 Å². The Balaban J connectivity index is 1.82. The molecular formula is C15H15F2N7O2S. The van der Waals surface area contributed by atoms with Gasteiger partial charge in [0.05, 0.1) is 18.0 Å². The first-order valence-electron chi connectivity index (χ1n) is 7.74. The molecular weight excluding hydrogens is 380 g/mol. The van der Waals surface area contributed by atoms with Crippen LogP contribution in [0, 0.1) is 11.6 Å². The van der Waals surface area contributed by atoms with Crippen molar-refractivity contribution in [3.8, 4) is 0 Å². The summed E-state index contributed by atoms with van der Waals surface area (Å²) in [5.41, 5.74) is 1.31. The van der Waals surface area contributed by atoms with Crippen LogP contribution in [0.1, 0.15) is 17.2 Å². The van der Waals surface area contributed by atoms with Gasteiger partial charge in [-0.15, -0.1) is 5.10 Å².